The van der Waals surface area contributed by atoms with Gasteiger partial charge in [0.15, 0.2) is 11.6 Å². The zero-order valence-electron chi connectivity index (χ0n) is 21.2. The molecule has 0 saturated carbocycles. The van der Waals surface area contributed by atoms with E-state index in [0.717, 1.165) is 12.1 Å². The molecular weight excluding hydrogens is 584 g/mol. The number of nitrogens with one attached hydrogen (secondary N) is 2. The zero-order chi connectivity index (χ0) is 29.6. The van der Waals surface area contributed by atoms with Crippen molar-refractivity contribution >= 4 is 56.0 Å². The van der Waals surface area contributed by atoms with E-state index in [1.807, 2.05) is 0 Å². The minimum absolute atomic E-state index is 0.0665. The fraction of sp³-hybridized carbons (Fsp3) is 0. The van der Waals surface area contributed by atoms with E-state index in [4.69, 9.17) is 5.26 Å². The highest BCUT2D eigenvalue weighted by atomic mass is 32.2. The Hall–Kier alpha value is -4.63. The van der Waals surface area contributed by atoms with E-state index in [-0.39, 0.29) is 38.7 Å². The third kappa shape index (κ3) is 4.69. The number of H-pyrrole nitrogens is 1. The van der Waals surface area contributed by atoms with E-state index >= 15 is 0 Å². The van der Waals surface area contributed by atoms with Gasteiger partial charge in [-0.25, -0.2) is 5.26 Å². The summed E-state index contributed by atoms with van der Waals surface area (Å²) in [5.41, 5.74) is 1.58. The quantitative estimate of drug-likeness (QED) is 0.0579. The first-order valence-electron chi connectivity index (χ1n) is 12.2. The van der Waals surface area contributed by atoms with E-state index in [9.17, 15) is 27.4 Å². The summed E-state index contributed by atoms with van der Waals surface area (Å²) in [6, 6.07) is 21.7. The van der Waals surface area contributed by atoms with Crippen LogP contribution in [0, 0.1) is 0 Å². The summed E-state index contributed by atoms with van der Waals surface area (Å²) in [4.78, 5) is 43.4. The van der Waals surface area contributed by atoms with E-state index < -0.39 is 26.4 Å². The van der Waals surface area contributed by atoms with Gasteiger partial charge in [-0.05, 0) is 35.9 Å². The van der Waals surface area contributed by atoms with Crippen molar-refractivity contribution in [3.05, 3.63) is 118 Å². The second-order valence-electron chi connectivity index (χ2n) is 9.17. The first kappa shape index (κ1) is 27.5. The molecule has 0 atom stereocenters. The zero-order valence-corrected chi connectivity index (χ0v) is 22.8. The Morgan fingerprint density at radius 2 is 1.55 bits per heavy atom. The van der Waals surface area contributed by atoms with Crippen LogP contribution in [0.2, 0.25) is 0 Å². The number of hydrogen-bond acceptors (Lipinski definition) is 10. The number of ketones is 2. The van der Waals surface area contributed by atoms with Crippen molar-refractivity contribution < 1.29 is 37.2 Å². The summed E-state index contributed by atoms with van der Waals surface area (Å²) in [7, 11) is -4.58. The van der Waals surface area contributed by atoms with E-state index in [1.54, 1.807) is 66.7 Å². The highest BCUT2D eigenvalue weighted by molar-refractivity contribution is 7.94. The molecule has 4 N–H and O–H groups in total. The number of hydrogen-bond donors (Lipinski definition) is 4. The Bertz CT molecular complexity index is 2090. The van der Waals surface area contributed by atoms with Crippen molar-refractivity contribution in [2.24, 2.45) is 0 Å². The van der Waals surface area contributed by atoms with Crippen LogP contribution >= 0.6 is 12.0 Å². The smallest absolute Gasteiger partial charge is 0.294 e. The average Bonchev–Trinajstić information content (AvgIpc) is 2.99. The maximum atomic E-state index is 14.0. The van der Waals surface area contributed by atoms with Gasteiger partial charge in [0.1, 0.15) is 0 Å². The van der Waals surface area contributed by atoms with Crippen molar-refractivity contribution in [2.45, 2.75) is 9.79 Å². The van der Waals surface area contributed by atoms with Gasteiger partial charge in [0.05, 0.1) is 44.3 Å². The van der Waals surface area contributed by atoms with Gasteiger partial charge < -0.3 is 10.3 Å². The van der Waals surface area contributed by atoms with Gasteiger partial charge in [0.2, 0.25) is 0 Å². The molecule has 0 amide bonds. The summed E-state index contributed by atoms with van der Waals surface area (Å²) in [6.45, 7) is 0. The minimum Gasteiger partial charge on any atom is -0.354 e. The lowest BCUT2D eigenvalue weighted by molar-refractivity contribution is -0.432. The number of anilines is 2. The van der Waals surface area contributed by atoms with Gasteiger partial charge in [-0.2, -0.15) is 8.42 Å². The van der Waals surface area contributed by atoms with Crippen LogP contribution in [0.3, 0.4) is 0 Å². The molecule has 0 aliphatic heterocycles. The fourth-order valence-electron chi connectivity index (χ4n) is 5.02. The predicted octanol–water partition coefficient (Wildman–Crippen LogP) is 5.39. The number of carbonyl (C=O) groups excluding carboxylic acids is 2. The number of aromatic nitrogens is 1. The molecule has 1 aliphatic rings. The fourth-order valence-corrected chi connectivity index (χ4v) is 6.08. The minimum atomic E-state index is -4.58. The SMILES string of the molecule is O=C(c1ccccc1)c1c2c3c(c(Nc4ccc(S(=O)(=O)O)cc4SOOO)ccc3[nH]c1=O)C(=O)c1ccccc1-2. The molecule has 13 heteroatoms. The van der Waals surface area contributed by atoms with Gasteiger partial charge in [0.25, 0.3) is 15.7 Å². The van der Waals surface area contributed by atoms with Gasteiger partial charge in [-0.1, -0.05) is 59.6 Å². The Balaban J connectivity index is 1.61. The molecule has 0 fully saturated rings. The summed E-state index contributed by atoms with van der Waals surface area (Å²) in [6.07, 6.45) is 0. The summed E-state index contributed by atoms with van der Waals surface area (Å²) >= 11 is 0.439. The Morgan fingerprint density at radius 1 is 0.857 bits per heavy atom. The van der Waals surface area contributed by atoms with Gasteiger partial charge in [-0.3, -0.25) is 18.9 Å². The molecule has 4 aromatic carbocycles. The maximum Gasteiger partial charge on any atom is 0.294 e. The molecule has 6 rings (SSSR count). The van der Waals surface area contributed by atoms with Crippen molar-refractivity contribution in [2.75, 3.05) is 5.32 Å². The van der Waals surface area contributed by atoms with Crippen LogP contribution in [0.5, 0.6) is 0 Å². The molecule has 1 aliphatic carbocycles. The molecular formula is C29H18N2O9S2. The lowest BCUT2D eigenvalue weighted by Crippen LogP contribution is -2.24. The van der Waals surface area contributed by atoms with Crippen LogP contribution in [-0.4, -0.2) is 34.8 Å². The summed E-state index contributed by atoms with van der Waals surface area (Å²) < 4.78 is 37.4. The number of rotatable bonds is 8. The van der Waals surface area contributed by atoms with Crippen LogP contribution in [0.25, 0.3) is 22.0 Å². The highest BCUT2D eigenvalue weighted by Crippen LogP contribution is 2.44. The van der Waals surface area contributed by atoms with Crippen LogP contribution in [0.1, 0.15) is 31.8 Å². The van der Waals surface area contributed by atoms with Crippen LogP contribution in [-0.2, 0) is 19.5 Å². The van der Waals surface area contributed by atoms with Crippen LogP contribution < -0.4 is 10.9 Å². The molecule has 0 spiro atoms. The molecule has 210 valence electrons. The number of fused-ring (bicyclic) bond motifs is 2. The van der Waals surface area contributed by atoms with Gasteiger partial charge >= 0.3 is 0 Å². The first-order chi connectivity index (χ1) is 20.2. The predicted molar refractivity (Wildman–Crippen MR) is 154 cm³/mol. The molecule has 1 aromatic heterocycles. The Kier molecular flexibility index (Phi) is 6.98. The van der Waals surface area contributed by atoms with Crippen molar-refractivity contribution in [1.82, 2.24) is 4.98 Å². The molecule has 5 aromatic rings. The molecule has 0 radical (unpaired) electrons. The van der Waals surface area contributed by atoms with Crippen molar-refractivity contribution in [3.63, 3.8) is 0 Å². The molecule has 42 heavy (non-hydrogen) atoms. The van der Waals surface area contributed by atoms with Gasteiger partial charge in [-0.15, -0.1) is 4.33 Å². The number of carbonyl (C=O) groups is 2. The molecule has 1 heterocycles. The third-order valence-corrected chi connectivity index (χ3v) is 8.28. The van der Waals surface area contributed by atoms with Crippen molar-refractivity contribution in [3.8, 4) is 11.1 Å². The standard InChI is InChI=1S/C29H18N2O9S2/c32-27(15-6-2-1-3-7-15)26-23-17-8-4-5-9-18(17)28(33)25-21(13-12-20(24(23)25)31-29(26)34)30-19-11-10-16(42(36,37)38)14-22(19)41-40-39-35/h1-14,30,35H,(H,31,34)(H,36,37,38). The number of aromatic amines is 1. The number of benzene rings is 4. The van der Waals surface area contributed by atoms with E-state index in [0.29, 0.717) is 39.6 Å². The Labute approximate surface area is 241 Å². The molecule has 0 saturated heterocycles. The van der Waals surface area contributed by atoms with Crippen molar-refractivity contribution in [1.29, 1.82) is 0 Å². The summed E-state index contributed by atoms with van der Waals surface area (Å²) in [5.74, 6) is -0.891. The second kappa shape index (κ2) is 10.6. The second-order valence-corrected chi connectivity index (χ2v) is 11.3. The normalized spacial score (nSPS) is 12.3. The molecule has 11 nitrogen and oxygen atoms in total. The number of pyridine rings is 1. The lowest BCUT2D eigenvalue weighted by Gasteiger charge is -2.24. The summed E-state index contributed by atoms with van der Waals surface area (Å²) in [5, 5.41) is 15.7. The van der Waals surface area contributed by atoms with E-state index in [1.165, 1.54) is 6.07 Å². The van der Waals surface area contributed by atoms with Crippen LogP contribution in [0.15, 0.2) is 99.5 Å². The highest BCUT2D eigenvalue weighted by Gasteiger charge is 2.33. The van der Waals surface area contributed by atoms with Crippen LogP contribution in [0.4, 0.5) is 11.4 Å². The lowest BCUT2D eigenvalue weighted by atomic mass is 9.80. The molecule has 0 bridgehead atoms. The molecule has 0 unspecified atom stereocenters. The monoisotopic (exact) mass is 602 g/mol. The third-order valence-electron chi connectivity index (χ3n) is 6.79. The Morgan fingerprint density at radius 3 is 2.26 bits per heavy atom. The maximum absolute atomic E-state index is 14.0. The average molecular weight is 603 g/mol. The van der Waals surface area contributed by atoms with E-state index in [2.05, 4.69) is 19.7 Å². The first-order valence-corrected chi connectivity index (χ1v) is 14.4. The van der Waals surface area contributed by atoms with Gasteiger partial charge in [0, 0.05) is 27.6 Å². The largest absolute Gasteiger partial charge is 0.354 e. The topological polar surface area (TPSA) is 172 Å².